The van der Waals surface area contributed by atoms with Gasteiger partial charge < -0.3 is 14.9 Å². The van der Waals surface area contributed by atoms with Crippen molar-refractivity contribution < 1.29 is 13.5 Å². The normalized spacial score (nSPS) is 10.8. The molecule has 1 heterocycles. The van der Waals surface area contributed by atoms with E-state index in [9.17, 15) is 4.39 Å². The van der Waals surface area contributed by atoms with Crippen molar-refractivity contribution in [2.24, 2.45) is 0 Å². The molecule has 0 bridgehead atoms. The van der Waals surface area contributed by atoms with Gasteiger partial charge in [0.1, 0.15) is 18.2 Å². The van der Waals surface area contributed by atoms with Crippen LogP contribution in [0.15, 0.2) is 53.1 Å². The SMILES string of the molecule is Nc1cccc2c(COc3cccc(F)c3)coc12. The third-order valence-electron chi connectivity index (χ3n) is 2.90. The molecule has 0 aliphatic carbocycles. The van der Waals surface area contributed by atoms with E-state index in [-0.39, 0.29) is 5.82 Å². The topological polar surface area (TPSA) is 48.4 Å². The van der Waals surface area contributed by atoms with Gasteiger partial charge in [0.25, 0.3) is 0 Å². The summed E-state index contributed by atoms with van der Waals surface area (Å²) in [6.07, 6.45) is 1.61. The average molecular weight is 257 g/mol. The van der Waals surface area contributed by atoms with Gasteiger partial charge in [-0.3, -0.25) is 0 Å². The molecule has 2 N–H and O–H groups in total. The predicted molar refractivity (Wildman–Crippen MR) is 71.4 cm³/mol. The van der Waals surface area contributed by atoms with Gasteiger partial charge >= 0.3 is 0 Å². The van der Waals surface area contributed by atoms with Gasteiger partial charge in [0.15, 0.2) is 5.58 Å². The first-order valence-electron chi connectivity index (χ1n) is 5.87. The van der Waals surface area contributed by atoms with Gasteiger partial charge in [-0.15, -0.1) is 0 Å². The molecule has 3 rings (SSSR count). The highest BCUT2D eigenvalue weighted by Crippen LogP contribution is 2.27. The number of ether oxygens (including phenoxy) is 1. The van der Waals surface area contributed by atoms with Gasteiger partial charge in [-0.1, -0.05) is 18.2 Å². The lowest BCUT2D eigenvalue weighted by Gasteiger charge is -2.04. The first-order valence-corrected chi connectivity index (χ1v) is 5.87. The van der Waals surface area contributed by atoms with E-state index in [1.807, 2.05) is 12.1 Å². The second-order valence-corrected chi connectivity index (χ2v) is 4.23. The van der Waals surface area contributed by atoms with Gasteiger partial charge in [-0.25, -0.2) is 4.39 Å². The molecule has 0 atom stereocenters. The highest BCUT2D eigenvalue weighted by atomic mass is 19.1. The van der Waals surface area contributed by atoms with Crippen LogP contribution in [0.3, 0.4) is 0 Å². The Balaban J connectivity index is 1.84. The molecule has 0 saturated carbocycles. The molecule has 96 valence electrons. The third kappa shape index (κ3) is 2.25. The summed E-state index contributed by atoms with van der Waals surface area (Å²) in [6, 6.07) is 11.6. The fraction of sp³-hybridized carbons (Fsp3) is 0.0667. The first kappa shape index (κ1) is 11.6. The minimum Gasteiger partial charge on any atom is -0.489 e. The first-order chi connectivity index (χ1) is 9.24. The molecule has 3 nitrogen and oxygen atoms in total. The van der Waals surface area contributed by atoms with Crippen LogP contribution in [0.1, 0.15) is 5.56 Å². The number of furan rings is 1. The standard InChI is InChI=1S/C15H12FNO2/c16-11-3-1-4-12(7-11)18-8-10-9-19-15-13(10)5-2-6-14(15)17/h1-7,9H,8,17H2. The lowest BCUT2D eigenvalue weighted by Crippen LogP contribution is -1.94. The van der Waals surface area contributed by atoms with Gasteiger partial charge in [-0.05, 0) is 18.2 Å². The van der Waals surface area contributed by atoms with Crippen LogP contribution in [0.2, 0.25) is 0 Å². The Morgan fingerprint density at radius 2 is 2.00 bits per heavy atom. The Kier molecular flexibility index (Phi) is 2.83. The number of nitrogen functional groups attached to an aromatic ring is 1. The number of hydrogen-bond acceptors (Lipinski definition) is 3. The van der Waals surface area contributed by atoms with Gasteiger partial charge in [0, 0.05) is 17.0 Å². The molecule has 0 saturated heterocycles. The minimum absolute atomic E-state index is 0.305. The molecule has 3 aromatic rings. The van der Waals surface area contributed by atoms with Crippen molar-refractivity contribution in [3.8, 4) is 5.75 Å². The summed E-state index contributed by atoms with van der Waals surface area (Å²) in [7, 11) is 0. The van der Waals surface area contributed by atoms with E-state index in [1.54, 1.807) is 24.5 Å². The summed E-state index contributed by atoms with van der Waals surface area (Å²) in [5.74, 6) is 0.164. The molecular weight excluding hydrogens is 245 g/mol. The average Bonchev–Trinajstić information content (AvgIpc) is 2.81. The number of nitrogens with two attached hydrogens (primary N) is 1. The minimum atomic E-state index is -0.321. The quantitative estimate of drug-likeness (QED) is 0.727. The summed E-state index contributed by atoms with van der Waals surface area (Å²) < 4.78 is 24.0. The van der Waals surface area contributed by atoms with Crippen LogP contribution >= 0.6 is 0 Å². The maximum atomic E-state index is 13.0. The number of benzene rings is 2. The van der Waals surface area contributed by atoms with Gasteiger partial charge in [0.2, 0.25) is 0 Å². The van der Waals surface area contributed by atoms with E-state index in [1.165, 1.54) is 12.1 Å². The zero-order valence-electron chi connectivity index (χ0n) is 10.1. The molecule has 19 heavy (non-hydrogen) atoms. The van der Waals surface area contributed by atoms with E-state index >= 15 is 0 Å². The highest BCUT2D eigenvalue weighted by Gasteiger charge is 2.08. The van der Waals surface area contributed by atoms with Crippen LogP contribution in [-0.2, 0) is 6.61 Å². The lowest BCUT2D eigenvalue weighted by atomic mass is 10.1. The molecule has 2 aromatic carbocycles. The monoisotopic (exact) mass is 257 g/mol. The van der Waals surface area contributed by atoms with E-state index in [4.69, 9.17) is 14.9 Å². The zero-order chi connectivity index (χ0) is 13.2. The summed E-state index contributed by atoms with van der Waals surface area (Å²) in [4.78, 5) is 0. The molecule has 4 heteroatoms. The Labute approximate surface area is 109 Å². The Morgan fingerprint density at radius 1 is 1.16 bits per heavy atom. The highest BCUT2D eigenvalue weighted by molar-refractivity contribution is 5.90. The van der Waals surface area contributed by atoms with Gasteiger partial charge in [-0.2, -0.15) is 0 Å². The van der Waals surface area contributed by atoms with Crippen molar-refractivity contribution >= 4 is 16.7 Å². The fourth-order valence-electron chi connectivity index (χ4n) is 1.96. The number of para-hydroxylation sites is 1. The van der Waals surface area contributed by atoms with Crippen LogP contribution in [0.4, 0.5) is 10.1 Å². The summed E-state index contributed by atoms with van der Waals surface area (Å²) in [5, 5.41) is 0.913. The predicted octanol–water partition coefficient (Wildman–Crippen LogP) is 3.73. The Hall–Kier alpha value is -2.49. The van der Waals surface area contributed by atoms with Crippen molar-refractivity contribution in [1.29, 1.82) is 0 Å². The zero-order valence-corrected chi connectivity index (χ0v) is 10.1. The van der Waals surface area contributed by atoms with Crippen molar-refractivity contribution in [1.82, 2.24) is 0 Å². The summed E-state index contributed by atoms with van der Waals surface area (Å²) in [6.45, 7) is 0.305. The number of fused-ring (bicyclic) bond motifs is 1. The molecule has 0 spiro atoms. The summed E-state index contributed by atoms with van der Waals surface area (Å²) >= 11 is 0. The van der Waals surface area contributed by atoms with Gasteiger partial charge in [0.05, 0.1) is 12.0 Å². The molecule has 0 unspecified atom stereocenters. The third-order valence-corrected chi connectivity index (χ3v) is 2.90. The van der Waals surface area contributed by atoms with Crippen LogP contribution in [-0.4, -0.2) is 0 Å². The van der Waals surface area contributed by atoms with Crippen molar-refractivity contribution in [3.63, 3.8) is 0 Å². The molecule has 0 aliphatic heterocycles. The van der Waals surface area contributed by atoms with E-state index in [2.05, 4.69) is 0 Å². The van der Waals surface area contributed by atoms with Crippen molar-refractivity contribution in [2.75, 3.05) is 5.73 Å². The number of hydrogen-bond donors (Lipinski definition) is 1. The molecule has 0 radical (unpaired) electrons. The van der Waals surface area contributed by atoms with E-state index in [0.29, 0.717) is 23.6 Å². The molecule has 1 aromatic heterocycles. The Bertz CT molecular complexity index is 721. The smallest absolute Gasteiger partial charge is 0.157 e. The van der Waals surface area contributed by atoms with Crippen LogP contribution in [0.5, 0.6) is 5.75 Å². The van der Waals surface area contributed by atoms with Crippen LogP contribution in [0.25, 0.3) is 11.0 Å². The maximum absolute atomic E-state index is 13.0. The maximum Gasteiger partial charge on any atom is 0.157 e. The second-order valence-electron chi connectivity index (χ2n) is 4.23. The molecule has 0 amide bonds. The lowest BCUT2D eigenvalue weighted by molar-refractivity contribution is 0.304. The summed E-state index contributed by atoms with van der Waals surface area (Å²) in [5.41, 5.74) is 7.94. The second kappa shape index (κ2) is 4.65. The van der Waals surface area contributed by atoms with E-state index < -0.39 is 0 Å². The van der Waals surface area contributed by atoms with Crippen LogP contribution < -0.4 is 10.5 Å². The molecule has 0 fully saturated rings. The number of anilines is 1. The largest absolute Gasteiger partial charge is 0.489 e. The van der Waals surface area contributed by atoms with Crippen LogP contribution in [0, 0.1) is 5.82 Å². The Morgan fingerprint density at radius 3 is 2.84 bits per heavy atom. The van der Waals surface area contributed by atoms with Crippen molar-refractivity contribution in [2.45, 2.75) is 6.61 Å². The number of rotatable bonds is 3. The molecule has 0 aliphatic rings. The fourth-order valence-corrected chi connectivity index (χ4v) is 1.96. The van der Waals surface area contributed by atoms with E-state index in [0.717, 1.165) is 10.9 Å². The molecular formula is C15H12FNO2. The van der Waals surface area contributed by atoms with Crippen molar-refractivity contribution in [3.05, 3.63) is 60.1 Å². The number of halogens is 1.